The number of nitrogens with zero attached hydrogens (tertiary/aromatic N) is 1. The first-order chi connectivity index (χ1) is 7.27. The van der Waals surface area contributed by atoms with Crippen LogP contribution in [-0.4, -0.2) is 19.6 Å². The zero-order valence-corrected chi connectivity index (χ0v) is 9.26. The van der Waals surface area contributed by atoms with Gasteiger partial charge in [-0.2, -0.15) is 5.26 Å². The van der Waals surface area contributed by atoms with E-state index in [4.69, 9.17) is 10.00 Å². The first kappa shape index (κ1) is 11.5. The Morgan fingerprint density at radius 2 is 2.53 bits per heavy atom. The standard InChI is InChI=1S/C10H12N2O2S/c1-14-8-6-9(15-7-8)10(13)12-5-3-2-4-11/h6-7H,2-3,5H2,1H3,(H,12,13). The smallest absolute Gasteiger partial charge is 0.261 e. The predicted molar refractivity (Wildman–Crippen MR) is 58.1 cm³/mol. The van der Waals surface area contributed by atoms with Crippen molar-refractivity contribution >= 4 is 17.2 Å². The van der Waals surface area contributed by atoms with Crippen molar-refractivity contribution in [3.63, 3.8) is 0 Å². The van der Waals surface area contributed by atoms with Gasteiger partial charge in [0, 0.05) is 24.4 Å². The lowest BCUT2D eigenvalue weighted by Gasteiger charge is -2.00. The summed E-state index contributed by atoms with van der Waals surface area (Å²) in [4.78, 5) is 12.1. The van der Waals surface area contributed by atoms with Gasteiger partial charge in [0.05, 0.1) is 18.1 Å². The van der Waals surface area contributed by atoms with Crippen molar-refractivity contribution in [2.75, 3.05) is 13.7 Å². The molecule has 0 atom stereocenters. The lowest BCUT2D eigenvalue weighted by atomic mass is 10.3. The second kappa shape index (κ2) is 6.04. The van der Waals surface area contributed by atoms with E-state index in [0.717, 1.165) is 0 Å². The van der Waals surface area contributed by atoms with Gasteiger partial charge in [-0.3, -0.25) is 4.79 Å². The molecule has 80 valence electrons. The fourth-order valence-corrected chi connectivity index (χ4v) is 1.77. The van der Waals surface area contributed by atoms with Crippen LogP contribution in [0, 0.1) is 11.3 Å². The minimum atomic E-state index is -0.110. The summed E-state index contributed by atoms with van der Waals surface area (Å²) in [7, 11) is 1.57. The molecule has 4 nitrogen and oxygen atoms in total. The molecule has 5 heteroatoms. The van der Waals surface area contributed by atoms with Crippen LogP contribution < -0.4 is 10.1 Å². The highest BCUT2D eigenvalue weighted by Crippen LogP contribution is 2.20. The number of thiophene rings is 1. The SMILES string of the molecule is COc1csc(C(=O)NCCCC#N)c1. The molecule has 0 aromatic carbocycles. The van der Waals surface area contributed by atoms with Crippen molar-refractivity contribution in [1.29, 1.82) is 5.26 Å². The summed E-state index contributed by atoms with van der Waals surface area (Å²) < 4.78 is 4.98. The molecule has 1 rings (SSSR count). The summed E-state index contributed by atoms with van der Waals surface area (Å²) in [6, 6.07) is 3.72. The van der Waals surface area contributed by atoms with Gasteiger partial charge in [0.25, 0.3) is 5.91 Å². The molecule has 15 heavy (non-hydrogen) atoms. The molecule has 0 saturated heterocycles. The number of hydrogen-bond acceptors (Lipinski definition) is 4. The van der Waals surface area contributed by atoms with Gasteiger partial charge in [-0.05, 0) is 6.42 Å². The highest BCUT2D eigenvalue weighted by molar-refractivity contribution is 7.12. The largest absolute Gasteiger partial charge is 0.496 e. The predicted octanol–water partition coefficient (Wildman–Crippen LogP) is 1.79. The molecule has 1 N–H and O–H groups in total. The number of nitrogens with one attached hydrogen (secondary N) is 1. The third-order valence-corrected chi connectivity index (χ3v) is 2.69. The highest BCUT2D eigenvalue weighted by atomic mass is 32.1. The minimum absolute atomic E-state index is 0.110. The monoisotopic (exact) mass is 224 g/mol. The van der Waals surface area contributed by atoms with Crippen LogP contribution in [-0.2, 0) is 0 Å². The first-order valence-electron chi connectivity index (χ1n) is 4.55. The molecule has 1 heterocycles. The van der Waals surface area contributed by atoms with E-state index in [1.807, 2.05) is 6.07 Å². The summed E-state index contributed by atoms with van der Waals surface area (Å²) in [5, 5.41) is 12.8. The van der Waals surface area contributed by atoms with Crippen molar-refractivity contribution in [2.45, 2.75) is 12.8 Å². The molecule has 0 fully saturated rings. The Morgan fingerprint density at radius 1 is 1.73 bits per heavy atom. The number of rotatable bonds is 5. The van der Waals surface area contributed by atoms with E-state index in [2.05, 4.69) is 5.32 Å². The van der Waals surface area contributed by atoms with Gasteiger partial charge in [0.2, 0.25) is 0 Å². The molecular weight excluding hydrogens is 212 g/mol. The van der Waals surface area contributed by atoms with Crippen molar-refractivity contribution in [3.8, 4) is 11.8 Å². The van der Waals surface area contributed by atoms with Gasteiger partial charge in [0.1, 0.15) is 5.75 Å². The first-order valence-corrected chi connectivity index (χ1v) is 5.43. The van der Waals surface area contributed by atoms with Crippen LogP contribution in [0.15, 0.2) is 11.4 Å². The van der Waals surface area contributed by atoms with Gasteiger partial charge in [0.15, 0.2) is 0 Å². The van der Waals surface area contributed by atoms with Crippen molar-refractivity contribution < 1.29 is 9.53 Å². The van der Waals surface area contributed by atoms with Crippen molar-refractivity contribution in [3.05, 3.63) is 16.3 Å². The lowest BCUT2D eigenvalue weighted by Crippen LogP contribution is -2.23. The number of carbonyl (C=O) groups excluding carboxylic acids is 1. The van der Waals surface area contributed by atoms with E-state index < -0.39 is 0 Å². The van der Waals surface area contributed by atoms with Gasteiger partial charge in [-0.1, -0.05) is 0 Å². The van der Waals surface area contributed by atoms with Crippen LogP contribution >= 0.6 is 11.3 Å². The summed E-state index contributed by atoms with van der Waals surface area (Å²) in [5.74, 6) is 0.586. The van der Waals surface area contributed by atoms with E-state index in [1.165, 1.54) is 11.3 Å². The third kappa shape index (κ3) is 3.60. The Bertz CT molecular complexity index is 368. The maximum atomic E-state index is 11.5. The molecule has 1 aromatic heterocycles. The van der Waals surface area contributed by atoms with Gasteiger partial charge >= 0.3 is 0 Å². The summed E-state index contributed by atoms with van der Waals surface area (Å²) in [6.45, 7) is 0.534. The van der Waals surface area contributed by atoms with Crippen LogP contribution in [0.5, 0.6) is 5.75 Å². The van der Waals surface area contributed by atoms with E-state index in [9.17, 15) is 4.79 Å². The Morgan fingerprint density at radius 3 is 3.13 bits per heavy atom. The molecule has 0 aliphatic heterocycles. The molecule has 0 aliphatic rings. The third-order valence-electron chi connectivity index (χ3n) is 1.79. The topological polar surface area (TPSA) is 62.1 Å². The van der Waals surface area contributed by atoms with Gasteiger partial charge in [-0.15, -0.1) is 11.3 Å². The number of ether oxygens (including phenoxy) is 1. The van der Waals surface area contributed by atoms with Gasteiger partial charge < -0.3 is 10.1 Å². The molecule has 0 bridgehead atoms. The van der Waals surface area contributed by atoms with E-state index in [1.54, 1.807) is 18.6 Å². The number of nitriles is 1. The maximum Gasteiger partial charge on any atom is 0.261 e. The Labute approximate surface area is 92.5 Å². The Hall–Kier alpha value is -1.54. The van der Waals surface area contributed by atoms with Crippen LogP contribution in [0.2, 0.25) is 0 Å². The fraction of sp³-hybridized carbons (Fsp3) is 0.400. The molecular formula is C10H12N2O2S. The summed E-state index contributed by atoms with van der Waals surface area (Å²) in [6.07, 6.45) is 1.15. The number of hydrogen-bond donors (Lipinski definition) is 1. The fourth-order valence-electron chi connectivity index (χ4n) is 1.00. The molecule has 1 amide bonds. The number of carbonyl (C=O) groups is 1. The average Bonchev–Trinajstić information content (AvgIpc) is 2.72. The zero-order chi connectivity index (χ0) is 11.1. The molecule has 0 aliphatic carbocycles. The zero-order valence-electron chi connectivity index (χ0n) is 8.45. The number of amides is 1. The highest BCUT2D eigenvalue weighted by Gasteiger charge is 2.08. The van der Waals surface area contributed by atoms with E-state index >= 15 is 0 Å². The Balaban J connectivity index is 2.37. The molecule has 1 aromatic rings. The van der Waals surface area contributed by atoms with Crippen LogP contribution in [0.1, 0.15) is 22.5 Å². The lowest BCUT2D eigenvalue weighted by molar-refractivity contribution is 0.0957. The second-order valence-electron chi connectivity index (χ2n) is 2.87. The maximum absolute atomic E-state index is 11.5. The summed E-state index contributed by atoms with van der Waals surface area (Å²) >= 11 is 1.34. The number of methoxy groups -OCH3 is 1. The molecule has 0 saturated carbocycles. The quantitative estimate of drug-likeness (QED) is 0.775. The molecule has 0 radical (unpaired) electrons. The Kier molecular flexibility index (Phi) is 4.64. The van der Waals surface area contributed by atoms with E-state index in [0.29, 0.717) is 30.0 Å². The van der Waals surface area contributed by atoms with Crippen molar-refractivity contribution in [1.82, 2.24) is 5.32 Å². The summed E-state index contributed by atoms with van der Waals surface area (Å²) in [5.41, 5.74) is 0. The average molecular weight is 224 g/mol. The van der Waals surface area contributed by atoms with Gasteiger partial charge in [-0.25, -0.2) is 0 Å². The molecule has 0 spiro atoms. The van der Waals surface area contributed by atoms with Crippen LogP contribution in [0.25, 0.3) is 0 Å². The normalized spacial score (nSPS) is 9.33. The minimum Gasteiger partial charge on any atom is -0.496 e. The second-order valence-corrected chi connectivity index (χ2v) is 3.78. The number of unbranched alkanes of at least 4 members (excludes halogenated alkanes) is 1. The van der Waals surface area contributed by atoms with Crippen LogP contribution in [0.3, 0.4) is 0 Å². The van der Waals surface area contributed by atoms with E-state index in [-0.39, 0.29) is 5.91 Å². The van der Waals surface area contributed by atoms with Crippen molar-refractivity contribution in [2.24, 2.45) is 0 Å². The molecule has 0 unspecified atom stereocenters. The van der Waals surface area contributed by atoms with Crippen LogP contribution in [0.4, 0.5) is 0 Å².